The highest BCUT2D eigenvalue weighted by Gasteiger charge is 2.53. The molecule has 4 heterocycles. The summed E-state index contributed by atoms with van der Waals surface area (Å²) in [5, 5.41) is 19.1. The van der Waals surface area contributed by atoms with Gasteiger partial charge in [-0.3, -0.25) is 19.6 Å². The number of hydrogen-bond acceptors (Lipinski definition) is 12. The molecule has 2 aromatic rings. The van der Waals surface area contributed by atoms with Crippen molar-refractivity contribution in [1.29, 1.82) is 0 Å². The minimum Gasteiger partial charge on any atom is -0.543 e. The summed E-state index contributed by atoms with van der Waals surface area (Å²) >= 11 is 1.84. The quantitative estimate of drug-likeness (QED) is 0.0736. The second-order valence-electron chi connectivity index (χ2n) is 7.95. The smallest absolute Gasteiger partial charge is 0.429 e. The first kappa shape index (κ1) is 28.4. The van der Waals surface area contributed by atoms with E-state index in [2.05, 4.69) is 19.8 Å². The summed E-state index contributed by atoms with van der Waals surface area (Å²) in [6.45, 7) is 1.88. The van der Waals surface area contributed by atoms with E-state index in [9.17, 15) is 24.1 Å². The molecule has 1 saturated heterocycles. The fourth-order valence-corrected chi connectivity index (χ4v) is 6.29. The Labute approximate surface area is 229 Å². The van der Waals surface area contributed by atoms with Crippen molar-refractivity contribution < 1.29 is 48.0 Å². The Morgan fingerprint density at radius 2 is 2.08 bits per heavy atom. The number of anilines is 1. The third-order valence-electron chi connectivity index (χ3n) is 5.38. The Balaban J connectivity index is 1.51. The fourth-order valence-electron chi connectivity index (χ4n) is 3.71. The van der Waals surface area contributed by atoms with E-state index in [-0.39, 0.29) is 35.6 Å². The number of fused-ring (bicyclic) bond motifs is 1. The zero-order valence-electron chi connectivity index (χ0n) is 20.3. The number of ether oxygens (including phenoxy) is 1. The highest BCUT2D eigenvalue weighted by atomic mass is 32.2. The maximum Gasteiger partial charge on any atom is 0.429 e. The average molecular weight is 600 g/mol. The number of thioether (sulfide) groups is 1. The third kappa shape index (κ3) is 6.36. The summed E-state index contributed by atoms with van der Waals surface area (Å²) in [6, 6.07) is 2.33. The average Bonchev–Trinajstić information content (AvgIpc) is 3.33. The van der Waals surface area contributed by atoms with Gasteiger partial charge in [0.1, 0.15) is 23.8 Å². The van der Waals surface area contributed by atoms with E-state index in [0.29, 0.717) is 22.9 Å². The molecule has 39 heavy (non-hydrogen) atoms. The number of amides is 2. The number of oxime groups is 1. The van der Waals surface area contributed by atoms with E-state index in [1.165, 1.54) is 18.9 Å². The van der Waals surface area contributed by atoms with Crippen LogP contribution in [-0.4, -0.2) is 78.4 Å². The molecule has 1 fully saturated rings. The van der Waals surface area contributed by atoms with E-state index < -0.39 is 42.7 Å². The van der Waals surface area contributed by atoms with E-state index in [0.717, 1.165) is 4.90 Å². The van der Waals surface area contributed by atoms with Crippen LogP contribution in [0.4, 0.5) is 5.13 Å². The number of carbonyl (C=O) groups excluding carboxylic acids is 3. The van der Waals surface area contributed by atoms with Gasteiger partial charge in [-0.2, -0.15) is 9.36 Å². The van der Waals surface area contributed by atoms with Crippen molar-refractivity contribution in [1.82, 2.24) is 19.6 Å². The van der Waals surface area contributed by atoms with Gasteiger partial charge >= 0.3 is 7.75 Å². The number of nitrogens with zero attached hydrogens (tertiary/aromatic N) is 5. The summed E-state index contributed by atoms with van der Waals surface area (Å²) in [5.74, 6) is -2.49. The Kier molecular flexibility index (Phi) is 8.51. The van der Waals surface area contributed by atoms with Gasteiger partial charge in [0.15, 0.2) is 18.9 Å². The first-order valence-corrected chi connectivity index (χ1v) is 14.6. The summed E-state index contributed by atoms with van der Waals surface area (Å²) < 4.78 is 21.9. The van der Waals surface area contributed by atoms with Gasteiger partial charge in [-0.05, 0) is 6.92 Å². The van der Waals surface area contributed by atoms with Gasteiger partial charge in [0, 0.05) is 35.0 Å². The zero-order valence-corrected chi connectivity index (χ0v) is 22.9. The van der Waals surface area contributed by atoms with Crippen molar-refractivity contribution >= 4 is 59.7 Å². The molecule has 0 saturated carbocycles. The monoisotopic (exact) mass is 599 g/mol. The van der Waals surface area contributed by atoms with Crippen molar-refractivity contribution in [3.8, 4) is 5.75 Å². The number of pyridine rings is 1. The number of carboxylic acid groups (broad SMARTS) is 1. The number of nitrogens with one attached hydrogen (secondary N) is 2. The highest BCUT2D eigenvalue weighted by molar-refractivity contribution is 8.00. The van der Waals surface area contributed by atoms with Crippen LogP contribution in [0.25, 0.3) is 0 Å². The lowest BCUT2D eigenvalue weighted by Gasteiger charge is -2.50. The lowest BCUT2D eigenvalue weighted by atomic mass is 10.0. The molecule has 2 amide bonds. The summed E-state index contributed by atoms with van der Waals surface area (Å²) in [5.41, 5.74) is -0.235. The van der Waals surface area contributed by atoms with Gasteiger partial charge in [0.2, 0.25) is 16.7 Å². The van der Waals surface area contributed by atoms with Crippen LogP contribution in [0.3, 0.4) is 0 Å². The Bertz CT molecular complexity index is 1390. The third-order valence-corrected chi connectivity index (χ3v) is 8.00. The predicted octanol–water partition coefficient (Wildman–Crippen LogP) is -1.82. The van der Waals surface area contributed by atoms with Crippen LogP contribution in [-0.2, 0) is 30.3 Å². The van der Waals surface area contributed by atoms with Crippen LogP contribution in [0.2, 0.25) is 0 Å². The maximum atomic E-state index is 13.0. The minimum absolute atomic E-state index is 0.0812. The van der Waals surface area contributed by atoms with E-state index in [1.54, 1.807) is 36.0 Å². The number of methoxy groups -OCH3 is 1. The van der Waals surface area contributed by atoms with Crippen molar-refractivity contribution in [3.63, 3.8) is 0 Å². The zero-order chi connectivity index (χ0) is 28.3. The number of carboxylic acids is 1. The SMILES string of the molecule is CCO/N=C(\C(=O)NC1C(=O)N2C(C(=O)[O-])=C(C[n+]3ccc(OC)cc3)CS[C@H]12)c1nsc(NP(=O)(O)O)n1. The second kappa shape index (κ2) is 11.7. The number of hydrogen-bond donors (Lipinski definition) is 4. The molecule has 1 unspecified atom stereocenters. The predicted molar refractivity (Wildman–Crippen MR) is 134 cm³/mol. The molecule has 0 aromatic carbocycles. The van der Waals surface area contributed by atoms with Gasteiger partial charge in [-0.15, -0.1) is 11.8 Å². The molecule has 0 bridgehead atoms. The topological polar surface area (TPSA) is 220 Å². The molecule has 208 valence electrons. The summed E-state index contributed by atoms with van der Waals surface area (Å²) in [6.07, 6.45) is 3.42. The highest BCUT2D eigenvalue weighted by Crippen LogP contribution is 2.40. The van der Waals surface area contributed by atoms with Crippen LogP contribution in [0.15, 0.2) is 41.0 Å². The Morgan fingerprint density at radius 3 is 2.69 bits per heavy atom. The molecule has 19 heteroatoms. The first-order chi connectivity index (χ1) is 18.5. The molecule has 0 spiro atoms. The summed E-state index contributed by atoms with van der Waals surface area (Å²) in [4.78, 5) is 66.1. The molecule has 2 aromatic heterocycles. The number of aliphatic carboxylic acids is 1. The Morgan fingerprint density at radius 1 is 1.36 bits per heavy atom. The molecule has 2 atom stereocenters. The molecule has 2 aliphatic rings. The van der Waals surface area contributed by atoms with Crippen LogP contribution in [0, 0.1) is 0 Å². The molecule has 4 rings (SSSR count). The number of aromatic nitrogens is 3. The molecule has 4 N–H and O–H groups in total. The molecular weight excluding hydrogens is 577 g/mol. The van der Waals surface area contributed by atoms with Crippen LogP contribution < -0.4 is 24.8 Å². The lowest BCUT2D eigenvalue weighted by molar-refractivity contribution is -0.689. The molecular formula is C20H22N7O9PS2. The van der Waals surface area contributed by atoms with E-state index in [4.69, 9.17) is 19.4 Å². The Hall–Kier alpha value is -3.57. The van der Waals surface area contributed by atoms with Crippen molar-refractivity contribution in [2.24, 2.45) is 5.16 Å². The molecule has 16 nitrogen and oxygen atoms in total. The maximum absolute atomic E-state index is 13.0. The number of carbonyl (C=O) groups is 3. The first-order valence-electron chi connectivity index (χ1n) is 11.1. The minimum atomic E-state index is -4.67. The second-order valence-corrected chi connectivity index (χ2v) is 11.1. The standard InChI is InChI=1S/C20H22N7O9PS2/c1-3-36-23-12(15-22-20(39-25-15)24-37(32,33)34)16(28)21-13-17(29)27-14(19(30)31)10(9-38-18(13)27)8-26-6-4-11(35-2)5-7-26/h4-7,13,18H,3,8-9H2,1-2H3,(H4-,21,22,24,25,28,30,31,32,33,34)/b23-12-/t13?,18-/m1/s1. The van der Waals surface area contributed by atoms with Gasteiger partial charge in [0.25, 0.3) is 11.8 Å². The fraction of sp³-hybridized carbons (Fsp3) is 0.350. The van der Waals surface area contributed by atoms with Gasteiger partial charge in [-0.25, -0.2) is 9.13 Å². The van der Waals surface area contributed by atoms with Crippen LogP contribution in [0.5, 0.6) is 5.75 Å². The van der Waals surface area contributed by atoms with E-state index in [1.807, 2.05) is 5.09 Å². The summed E-state index contributed by atoms with van der Waals surface area (Å²) in [7, 11) is -3.14. The van der Waals surface area contributed by atoms with Crippen LogP contribution in [0.1, 0.15) is 12.7 Å². The van der Waals surface area contributed by atoms with Gasteiger partial charge < -0.3 is 34.6 Å². The van der Waals surface area contributed by atoms with Crippen molar-refractivity contribution in [2.45, 2.75) is 24.9 Å². The van der Waals surface area contributed by atoms with E-state index >= 15 is 0 Å². The van der Waals surface area contributed by atoms with Gasteiger partial charge in [-0.1, -0.05) is 5.16 Å². The van der Waals surface area contributed by atoms with Crippen molar-refractivity contribution in [2.75, 3.05) is 24.6 Å². The molecule has 2 aliphatic heterocycles. The lowest BCUT2D eigenvalue weighted by Crippen LogP contribution is -2.71. The van der Waals surface area contributed by atoms with Gasteiger partial charge in [0.05, 0.1) is 18.8 Å². The number of rotatable bonds is 11. The normalized spacial score (nSPS) is 19.2. The largest absolute Gasteiger partial charge is 0.543 e. The number of β-lactam (4-membered cyclic amide) rings is 1. The van der Waals surface area contributed by atoms with Crippen LogP contribution >= 0.6 is 31.0 Å². The molecule has 0 radical (unpaired) electrons. The van der Waals surface area contributed by atoms with Crippen molar-refractivity contribution in [3.05, 3.63) is 41.6 Å². The molecule has 0 aliphatic carbocycles.